The Morgan fingerprint density at radius 3 is 2.65 bits per heavy atom. The number of carbonyl (C=O) groups excluding carboxylic acids is 1. The van der Waals surface area contributed by atoms with Crippen LogP contribution >= 0.6 is 23.1 Å². The molecule has 0 fully saturated rings. The summed E-state index contributed by atoms with van der Waals surface area (Å²) in [6, 6.07) is 0.208. The van der Waals surface area contributed by atoms with Gasteiger partial charge in [0.25, 0.3) is 0 Å². The number of urea groups is 1. The molecule has 20 heavy (non-hydrogen) atoms. The van der Waals surface area contributed by atoms with Gasteiger partial charge in [0, 0.05) is 23.7 Å². The van der Waals surface area contributed by atoms with Crippen LogP contribution in [0.1, 0.15) is 42.4 Å². The first-order chi connectivity index (χ1) is 9.40. The predicted molar refractivity (Wildman–Crippen MR) is 88.8 cm³/mol. The van der Waals surface area contributed by atoms with Crippen molar-refractivity contribution in [3.8, 4) is 0 Å². The molecule has 0 aliphatic rings. The standard InChI is InChI=1S/C14H25N3OS2/c1-7-12-16-10(3)13(20-12)11(4)17(5)14(18)15-9(2)8-19-6/h9,11H,7-8H2,1-6H3,(H,15,18). The Bertz CT molecular complexity index is 448. The minimum Gasteiger partial charge on any atom is -0.335 e. The summed E-state index contributed by atoms with van der Waals surface area (Å²) < 4.78 is 0. The lowest BCUT2D eigenvalue weighted by Gasteiger charge is -2.26. The average Bonchev–Trinajstić information content (AvgIpc) is 2.78. The molecule has 0 spiro atoms. The zero-order valence-electron chi connectivity index (χ0n) is 13.2. The Labute approximate surface area is 130 Å². The van der Waals surface area contributed by atoms with Crippen molar-refractivity contribution in [2.45, 2.75) is 46.2 Å². The van der Waals surface area contributed by atoms with Gasteiger partial charge in [-0.25, -0.2) is 9.78 Å². The van der Waals surface area contributed by atoms with Gasteiger partial charge in [-0.3, -0.25) is 0 Å². The number of thiazole rings is 1. The summed E-state index contributed by atoms with van der Waals surface area (Å²) in [6.07, 6.45) is 2.99. The number of hydrogen-bond acceptors (Lipinski definition) is 4. The smallest absolute Gasteiger partial charge is 0.317 e. The van der Waals surface area contributed by atoms with Gasteiger partial charge in [0.15, 0.2) is 0 Å². The van der Waals surface area contributed by atoms with Crippen LogP contribution in [0.15, 0.2) is 0 Å². The lowest BCUT2D eigenvalue weighted by molar-refractivity contribution is 0.192. The number of rotatable bonds is 6. The quantitative estimate of drug-likeness (QED) is 0.874. The molecule has 114 valence electrons. The van der Waals surface area contributed by atoms with E-state index in [1.54, 1.807) is 28.0 Å². The first-order valence-electron chi connectivity index (χ1n) is 6.89. The monoisotopic (exact) mass is 315 g/mol. The van der Waals surface area contributed by atoms with Crippen molar-refractivity contribution in [1.82, 2.24) is 15.2 Å². The zero-order valence-corrected chi connectivity index (χ0v) is 14.8. The molecule has 0 radical (unpaired) electrons. The second-order valence-electron chi connectivity index (χ2n) is 5.00. The van der Waals surface area contributed by atoms with Gasteiger partial charge in [0.1, 0.15) is 0 Å². The third-order valence-electron chi connectivity index (χ3n) is 3.25. The van der Waals surface area contributed by atoms with E-state index in [4.69, 9.17) is 0 Å². The normalized spacial score (nSPS) is 13.9. The van der Waals surface area contributed by atoms with Crippen molar-refractivity contribution in [3.63, 3.8) is 0 Å². The van der Waals surface area contributed by atoms with Crippen LogP contribution in [0, 0.1) is 6.92 Å². The summed E-state index contributed by atoms with van der Waals surface area (Å²) in [4.78, 5) is 19.7. The fourth-order valence-electron chi connectivity index (χ4n) is 1.96. The number of nitrogens with one attached hydrogen (secondary N) is 1. The molecule has 2 amide bonds. The van der Waals surface area contributed by atoms with Crippen molar-refractivity contribution >= 4 is 29.1 Å². The fraction of sp³-hybridized carbons (Fsp3) is 0.714. The molecule has 1 aromatic heterocycles. The SMILES string of the molecule is CCc1nc(C)c(C(C)N(C)C(=O)NC(C)CSC)s1. The average molecular weight is 316 g/mol. The van der Waals surface area contributed by atoms with Gasteiger partial charge in [0.2, 0.25) is 0 Å². The molecule has 0 aliphatic heterocycles. The molecule has 0 aliphatic carbocycles. The van der Waals surface area contributed by atoms with Crippen molar-refractivity contribution in [2.24, 2.45) is 0 Å². The summed E-state index contributed by atoms with van der Waals surface area (Å²) in [6.45, 7) is 8.20. The van der Waals surface area contributed by atoms with Crippen molar-refractivity contribution < 1.29 is 4.79 Å². The van der Waals surface area contributed by atoms with Crippen LogP contribution in [0.2, 0.25) is 0 Å². The van der Waals surface area contributed by atoms with Crippen molar-refractivity contribution in [1.29, 1.82) is 0 Å². The molecule has 0 bridgehead atoms. The molecule has 2 unspecified atom stereocenters. The first kappa shape index (κ1) is 17.3. The summed E-state index contributed by atoms with van der Waals surface area (Å²) in [5.74, 6) is 0.924. The van der Waals surface area contributed by atoms with Crippen LogP contribution in [-0.4, -0.2) is 41.0 Å². The molecular formula is C14H25N3OS2. The van der Waals surface area contributed by atoms with Gasteiger partial charge in [-0.15, -0.1) is 11.3 Å². The van der Waals surface area contributed by atoms with Crippen LogP contribution in [0.4, 0.5) is 4.79 Å². The number of hydrogen-bond donors (Lipinski definition) is 1. The van der Waals surface area contributed by atoms with E-state index in [9.17, 15) is 4.79 Å². The van der Waals surface area contributed by atoms with Gasteiger partial charge < -0.3 is 10.2 Å². The third-order valence-corrected chi connectivity index (χ3v) is 5.55. The molecule has 0 saturated heterocycles. The predicted octanol–water partition coefficient (Wildman–Crippen LogP) is 3.47. The summed E-state index contributed by atoms with van der Waals surface area (Å²) in [5, 5.41) is 4.16. The Morgan fingerprint density at radius 1 is 1.50 bits per heavy atom. The highest BCUT2D eigenvalue weighted by molar-refractivity contribution is 7.98. The molecule has 1 aromatic rings. The van der Waals surface area contributed by atoms with Crippen LogP contribution in [0.25, 0.3) is 0 Å². The first-order valence-corrected chi connectivity index (χ1v) is 9.10. The van der Waals surface area contributed by atoms with Crippen LogP contribution in [-0.2, 0) is 6.42 Å². The van der Waals surface area contributed by atoms with Gasteiger partial charge >= 0.3 is 6.03 Å². The van der Waals surface area contributed by atoms with Gasteiger partial charge in [-0.05, 0) is 33.4 Å². The Kier molecular flexibility index (Phi) is 6.82. The van der Waals surface area contributed by atoms with Gasteiger partial charge in [-0.1, -0.05) is 6.92 Å². The molecule has 1 heterocycles. The van der Waals surface area contributed by atoms with E-state index in [1.807, 2.05) is 27.2 Å². The summed E-state index contributed by atoms with van der Waals surface area (Å²) >= 11 is 3.44. The number of aryl methyl sites for hydroxylation is 2. The number of amides is 2. The van der Waals surface area contributed by atoms with Crippen LogP contribution in [0.3, 0.4) is 0 Å². The van der Waals surface area contributed by atoms with E-state index in [0.717, 1.165) is 22.9 Å². The molecule has 0 saturated carbocycles. The topological polar surface area (TPSA) is 45.2 Å². The van der Waals surface area contributed by atoms with Crippen molar-refractivity contribution in [2.75, 3.05) is 19.1 Å². The Balaban J connectivity index is 2.72. The maximum Gasteiger partial charge on any atom is 0.317 e. The molecule has 1 rings (SSSR count). The number of carbonyl (C=O) groups is 1. The largest absolute Gasteiger partial charge is 0.335 e. The number of aromatic nitrogens is 1. The van der Waals surface area contributed by atoms with Gasteiger partial charge in [-0.2, -0.15) is 11.8 Å². The van der Waals surface area contributed by atoms with E-state index in [2.05, 4.69) is 24.1 Å². The fourth-order valence-corrected chi connectivity index (χ4v) is 3.65. The maximum absolute atomic E-state index is 12.2. The second-order valence-corrected chi connectivity index (χ2v) is 7.03. The van der Waals surface area contributed by atoms with E-state index >= 15 is 0 Å². The molecule has 6 heteroatoms. The Morgan fingerprint density at radius 2 is 2.15 bits per heavy atom. The highest BCUT2D eigenvalue weighted by Gasteiger charge is 2.22. The summed E-state index contributed by atoms with van der Waals surface area (Å²) in [5.41, 5.74) is 1.04. The molecule has 4 nitrogen and oxygen atoms in total. The lowest BCUT2D eigenvalue weighted by Crippen LogP contribution is -2.43. The molecule has 0 aromatic carbocycles. The minimum atomic E-state index is -0.0232. The Hall–Kier alpha value is -0.750. The molecular weight excluding hydrogens is 290 g/mol. The van der Waals surface area contributed by atoms with Gasteiger partial charge in [0.05, 0.1) is 16.7 Å². The summed E-state index contributed by atoms with van der Waals surface area (Å²) in [7, 11) is 1.84. The molecule has 1 N–H and O–H groups in total. The van der Waals surface area contributed by atoms with E-state index in [0.29, 0.717) is 0 Å². The molecule has 2 atom stereocenters. The van der Waals surface area contributed by atoms with E-state index in [1.165, 1.54) is 4.88 Å². The van der Waals surface area contributed by atoms with Crippen LogP contribution in [0.5, 0.6) is 0 Å². The highest BCUT2D eigenvalue weighted by atomic mass is 32.2. The highest BCUT2D eigenvalue weighted by Crippen LogP contribution is 2.28. The number of nitrogens with zero attached hydrogens (tertiary/aromatic N) is 2. The third kappa shape index (κ3) is 4.38. The zero-order chi connectivity index (χ0) is 15.3. The maximum atomic E-state index is 12.2. The van der Waals surface area contributed by atoms with E-state index in [-0.39, 0.29) is 18.1 Å². The van der Waals surface area contributed by atoms with Crippen molar-refractivity contribution in [3.05, 3.63) is 15.6 Å². The number of thioether (sulfide) groups is 1. The minimum absolute atomic E-state index is 0.0232. The van der Waals surface area contributed by atoms with E-state index < -0.39 is 0 Å². The van der Waals surface area contributed by atoms with Crippen LogP contribution < -0.4 is 5.32 Å². The lowest BCUT2D eigenvalue weighted by atomic mass is 10.2. The second kappa shape index (κ2) is 7.88.